The number of hydrogen-bond acceptors (Lipinski definition) is 5. The van der Waals surface area contributed by atoms with Crippen LogP contribution in [0.2, 0.25) is 0 Å². The second-order valence-electron chi connectivity index (χ2n) is 8.74. The number of nitrogens with two attached hydrogens (primary N) is 1. The number of fused-ring (bicyclic) bond motifs is 2. The van der Waals surface area contributed by atoms with Crippen LogP contribution in [0.3, 0.4) is 0 Å². The van der Waals surface area contributed by atoms with Crippen molar-refractivity contribution >= 4 is 39.1 Å². The monoisotopic (exact) mass is 435 g/mol. The van der Waals surface area contributed by atoms with Crippen LogP contribution in [-0.4, -0.2) is 46.9 Å². The number of hydrogen-bond donors (Lipinski definition) is 4. The number of aromatic amines is 1. The van der Waals surface area contributed by atoms with Crippen molar-refractivity contribution in [3.05, 3.63) is 83.6 Å². The first-order chi connectivity index (χ1) is 16.2. The number of aliphatic imine (C=N–C) groups is 2. The van der Waals surface area contributed by atoms with Crippen LogP contribution in [0.4, 0.5) is 0 Å². The summed E-state index contributed by atoms with van der Waals surface area (Å²) in [7, 11) is 0. The van der Waals surface area contributed by atoms with Gasteiger partial charge in [-0.15, -0.1) is 0 Å². The topological polar surface area (TPSA) is 106 Å². The predicted molar refractivity (Wildman–Crippen MR) is 134 cm³/mol. The van der Waals surface area contributed by atoms with Gasteiger partial charge in [0.2, 0.25) is 0 Å². The van der Waals surface area contributed by atoms with Gasteiger partial charge in [0.05, 0.1) is 12.3 Å². The van der Waals surface area contributed by atoms with Crippen molar-refractivity contribution in [1.29, 1.82) is 5.41 Å². The van der Waals surface area contributed by atoms with Gasteiger partial charge in [0, 0.05) is 48.4 Å². The van der Waals surface area contributed by atoms with E-state index < -0.39 is 0 Å². The zero-order valence-corrected chi connectivity index (χ0v) is 18.2. The van der Waals surface area contributed by atoms with E-state index in [1.807, 2.05) is 6.20 Å². The number of likely N-dealkylation sites (tertiary alicyclic amines) is 1. The molecule has 4 aromatic rings. The van der Waals surface area contributed by atoms with Gasteiger partial charge >= 0.3 is 0 Å². The summed E-state index contributed by atoms with van der Waals surface area (Å²) >= 11 is 0. The smallest absolute Gasteiger partial charge is 0.155 e. The molecule has 0 unspecified atom stereocenters. The van der Waals surface area contributed by atoms with Crippen molar-refractivity contribution in [2.45, 2.75) is 6.54 Å². The highest BCUT2D eigenvalue weighted by Crippen LogP contribution is 2.28. The van der Waals surface area contributed by atoms with Gasteiger partial charge in [0.25, 0.3) is 0 Å². The van der Waals surface area contributed by atoms with E-state index in [1.54, 1.807) is 0 Å². The van der Waals surface area contributed by atoms with Crippen LogP contribution in [0.1, 0.15) is 16.7 Å². The Kier molecular flexibility index (Phi) is 4.78. The maximum absolute atomic E-state index is 7.84. The molecule has 1 saturated heterocycles. The van der Waals surface area contributed by atoms with Gasteiger partial charge in [0.1, 0.15) is 5.84 Å². The van der Waals surface area contributed by atoms with E-state index in [2.05, 4.69) is 76.0 Å². The minimum atomic E-state index is 0.200. The SMILES string of the molecule is N=C(NN)C1CN(Cc2ccc(C3=NCC(c4ccc5cc[nH]c5c4)=N3)c3ccccc23)C1. The van der Waals surface area contributed by atoms with Crippen LogP contribution in [0.25, 0.3) is 21.7 Å². The zero-order valence-electron chi connectivity index (χ0n) is 18.2. The fourth-order valence-electron chi connectivity index (χ4n) is 4.81. The average Bonchev–Trinajstić information content (AvgIpc) is 3.50. The first-order valence-corrected chi connectivity index (χ1v) is 11.2. The molecule has 3 heterocycles. The van der Waals surface area contributed by atoms with E-state index in [0.717, 1.165) is 47.8 Å². The van der Waals surface area contributed by atoms with Gasteiger partial charge in [-0.3, -0.25) is 15.3 Å². The lowest BCUT2D eigenvalue weighted by molar-refractivity contribution is 0.131. The summed E-state index contributed by atoms with van der Waals surface area (Å²) in [5.41, 5.74) is 8.04. The number of aromatic nitrogens is 1. The quantitative estimate of drug-likeness (QED) is 0.167. The van der Waals surface area contributed by atoms with Gasteiger partial charge < -0.3 is 10.4 Å². The Morgan fingerprint density at radius 1 is 1.09 bits per heavy atom. The summed E-state index contributed by atoms with van der Waals surface area (Å²) in [4.78, 5) is 15.3. The van der Waals surface area contributed by atoms with E-state index >= 15 is 0 Å². The molecule has 7 heteroatoms. The van der Waals surface area contributed by atoms with Crippen molar-refractivity contribution < 1.29 is 0 Å². The minimum Gasteiger partial charge on any atom is -0.361 e. The molecule has 0 aliphatic carbocycles. The molecule has 1 fully saturated rings. The van der Waals surface area contributed by atoms with Crippen molar-refractivity contribution in [2.24, 2.45) is 21.7 Å². The van der Waals surface area contributed by atoms with Crippen LogP contribution in [-0.2, 0) is 6.54 Å². The third-order valence-electron chi connectivity index (χ3n) is 6.68. The summed E-state index contributed by atoms with van der Waals surface area (Å²) in [5.74, 6) is 6.79. The van der Waals surface area contributed by atoms with Gasteiger partial charge in [-0.05, 0) is 33.9 Å². The number of nitrogens with zero attached hydrogens (tertiary/aromatic N) is 3. The first kappa shape index (κ1) is 19.8. The van der Waals surface area contributed by atoms with Crippen molar-refractivity contribution in [1.82, 2.24) is 15.3 Å². The summed E-state index contributed by atoms with van der Waals surface area (Å²) < 4.78 is 0. The molecule has 7 nitrogen and oxygen atoms in total. The maximum Gasteiger partial charge on any atom is 0.155 e. The van der Waals surface area contributed by atoms with Gasteiger partial charge in [-0.25, -0.2) is 10.8 Å². The molecular formula is C26H25N7. The second kappa shape index (κ2) is 7.95. The highest BCUT2D eigenvalue weighted by Gasteiger charge is 2.30. The number of nitrogens with one attached hydrogen (secondary N) is 3. The standard InChI is InChI=1S/C26H25N7/c27-25(32-28)19-14-33(15-19)13-18-7-8-22(21-4-2-1-3-20(18)21)26-30-12-24(31-26)17-6-5-16-9-10-29-23(16)11-17/h1-11,19,29H,12-15,28H2,(H2,27,32). The molecule has 0 bridgehead atoms. The predicted octanol–water partition coefficient (Wildman–Crippen LogP) is 3.44. The second-order valence-corrected chi connectivity index (χ2v) is 8.74. The van der Waals surface area contributed by atoms with Crippen molar-refractivity contribution in [2.75, 3.05) is 19.6 Å². The lowest BCUT2D eigenvalue weighted by atomic mass is 9.95. The van der Waals surface area contributed by atoms with Crippen molar-refractivity contribution in [3.8, 4) is 0 Å². The highest BCUT2D eigenvalue weighted by molar-refractivity contribution is 6.21. The Balaban J connectivity index is 1.28. The molecule has 1 aromatic heterocycles. The number of benzene rings is 3. The van der Waals surface area contributed by atoms with E-state index in [0.29, 0.717) is 12.4 Å². The molecule has 0 spiro atoms. The Labute approximate surface area is 191 Å². The van der Waals surface area contributed by atoms with E-state index in [-0.39, 0.29) is 5.92 Å². The Morgan fingerprint density at radius 2 is 1.94 bits per heavy atom. The molecule has 33 heavy (non-hydrogen) atoms. The molecule has 2 aliphatic rings. The minimum absolute atomic E-state index is 0.200. The fourth-order valence-corrected chi connectivity index (χ4v) is 4.81. The summed E-state index contributed by atoms with van der Waals surface area (Å²) in [5, 5.41) is 11.4. The third kappa shape index (κ3) is 3.51. The van der Waals surface area contributed by atoms with Crippen molar-refractivity contribution in [3.63, 3.8) is 0 Å². The molecule has 2 aliphatic heterocycles. The molecule has 3 aromatic carbocycles. The molecule has 6 rings (SSSR count). The normalized spacial score (nSPS) is 16.6. The molecule has 164 valence electrons. The maximum atomic E-state index is 7.84. The number of hydrazine groups is 1. The van der Waals surface area contributed by atoms with E-state index in [1.165, 1.54) is 21.7 Å². The van der Waals surface area contributed by atoms with Crippen LogP contribution in [0.5, 0.6) is 0 Å². The zero-order chi connectivity index (χ0) is 22.4. The fraction of sp³-hybridized carbons (Fsp3) is 0.192. The number of rotatable bonds is 5. The molecular weight excluding hydrogens is 410 g/mol. The van der Waals surface area contributed by atoms with E-state index in [4.69, 9.17) is 21.2 Å². The van der Waals surface area contributed by atoms with E-state index in [9.17, 15) is 0 Å². The first-order valence-electron chi connectivity index (χ1n) is 11.2. The number of amidine groups is 2. The lowest BCUT2D eigenvalue weighted by Gasteiger charge is -2.39. The largest absolute Gasteiger partial charge is 0.361 e. The molecule has 5 N–H and O–H groups in total. The summed E-state index contributed by atoms with van der Waals surface area (Å²) in [6.45, 7) is 3.15. The molecule has 0 saturated carbocycles. The Morgan fingerprint density at radius 3 is 2.79 bits per heavy atom. The molecule has 0 radical (unpaired) electrons. The van der Waals surface area contributed by atoms with Crippen LogP contribution < -0.4 is 11.3 Å². The average molecular weight is 436 g/mol. The highest BCUT2D eigenvalue weighted by atomic mass is 15.3. The Hall–Kier alpha value is -3.81. The van der Waals surface area contributed by atoms with Gasteiger partial charge in [0.15, 0.2) is 5.84 Å². The summed E-state index contributed by atoms with van der Waals surface area (Å²) in [6, 6.07) is 21.3. The van der Waals surface area contributed by atoms with Crippen LogP contribution in [0.15, 0.2) is 76.8 Å². The lowest BCUT2D eigenvalue weighted by Crippen LogP contribution is -2.53. The number of H-pyrrole nitrogens is 1. The third-order valence-corrected chi connectivity index (χ3v) is 6.68. The Bertz CT molecular complexity index is 1440. The van der Waals surface area contributed by atoms with Crippen LogP contribution in [0, 0.1) is 11.3 Å². The van der Waals surface area contributed by atoms with Gasteiger partial charge in [-0.2, -0.15) is 0 Å². The summed E-state index contributed by atoms with van der Waals surface area (Å²) in [6.07, 6.45) is 1.96. The molecule has 0 atom stereocenters. The van der Waals surface area contributed by atoms with Crippen LogP contribution >= 0.6 is 0 Å². The van der Waals surface area contributed by atoms with Gasteiger partial charge in [-0.1, -0.05) is 48.5 Å². The molecule has 0 amide bonds.